The van der Waals surface area contributed by atoms with Gasteiger partial charge in [-0.1, -0.05) is 13.0 Å². The van der Waals surface area contributed by atoms with Gasteiger partial charge in [0.15, 0.2) is 0 Å². The van der Waals surface area contributed by atoms with E-state index in [-0.39, 0.29) is 17.2 Å². The minimum absolute atomic E-state index is 0.206. The van der Waals surface area contributed by atoms with Crippen molar-refractivity contribution in [3.8, 4) is 0 Å². The molecule has 1 rings (SSSR count). The standard InChI is InChI=1S/C9H8F3NOS/c1-6(5-15-14)7-2-3-8(13-4-7)9(10,11)12/h2-6H,1H3. The van der Waals surface area contributed by atoms with Crippen LogP contribution < -0.4 is 0 Å². The molecule has 1 heterocycles. The maximum absolute atomic E-state index is 12.1. The van der Waals surface area contributed by atoms with E-state index in [1.807, 2.05) is 0 Å². The van der Waals surface area contributed by atoms with Gasteiger partial charge in [0.05, 0.1) is 11.3 Å². The molecule has 0 saturated carbocycles. The lowest BCUT2D eigenvalue weighted by Gasteiger charge is -2.08. The average Bonchev–Trinajstić information content (AvgIpc) is 2.17. The fraction of sp³-hybridized carbons (Fsp3) is 0.333. The molecule has 0 spiro atoms. The Bertz CT molecular complexity index is 381. The molecule has 6 heteroatoms. The molecule has 0 amide bonds. The maximum Gasteiger partial charge on any atom is 0.433 e. The highest BCUT2D eigenvalue weighted by Crippen LogP contribution is 2.27. The number of alkyl halides is 3. The molecule has 0 saturated heterocycles. The zero-order chi connectivity index (χ0) is 11.5. The second-order valence-electron chi connectivity index (χ2n) is 3.00. The summed E-state index contributed by atoms with van der Waals surface area (Å²) in [5.74, 6) is -0.206. The van der Waals surface area contributed by atoms with Crippen LogP contribution >= 0.6 is 0 Å². The number of nitrogens with zero attached hydrogens (tertiary/aromatic N) is 1. The number of halogens is 3. The second-order valence-corrected chi connectivity index (χ2v) is 3.46. The molecule has 1 aromatic heterocycles. The van der Waals surface area contributed by atoms with Crippen LogP contribution in [-0.2, 0) is 17.4 Å². The van der Waals surface area contributed by atoms with Crippen molar-refractivity contribution in [1.29, 1.82) is 0 Å². The Balaban J connectivity index is 2.95. The summed E-state index contributed by atoms with van der Waals surface area (Å²) in [7, 11) is 0. The van der Waals surface area contributed by atoms with Crippen molar-refractivity contribution in [2.45, 2.75) is 19.0 Å². The highest BCUT2D eigenvalue weighted by atomic mass is 32.1. The van der Waals surface area contributed by atoms with Gasteiger partial charge in [-0.15, -0.1) is 0 Å². The summed E-state index contributed by atoms with van der Waals surface area (Å²) >= 11 is 0.289. The minimum atomic E-state index is -4.42. The molecule has 0 bridgehead atoms. The van der Waals surface area contributed by atoms with Gasteiger partial charge in [0.25, 0.3) is 0 Å². The van der Waals surface area contributed by atoms with Crippen LogP contribution in [0, 0.1) is 0 Å². The molecule has 0 aliphatic rings. The molecule has 1 atom stereocenters. The van der Waals surface area contributed by atoms with E-state index >= 15 is 0 Å². The Hall–Kier alpha value is -1.17. The van der Waals surface area contributed by atoms with Crippen LogP contribution in [0.2, 0.25) is 0 Å². The van der Waals surface area contributed by atoms with Crippen LogP contribution in [0.3, 0.4) is 0 Å². The van der Waals surface area contributed by atoms with Crippen LogP contribution in [0.25, 0.3) is 0 Å². The number of hydrogen-bond acceptors (Lipinski definition) is 2. The van der Waals surface area contributed by atoms with Crippen LogP contribution in [0.1, 0.15) is 24.1 Å². The van der Waals surface area contributed by atoms with Crippen LogP contribution in [0.5, 0.6) is 0 Å². The second kappa shape index (κ2) is 4.57. The molecule has 0 N–H and O–H groups in total. The van der Waals surface area contributed by atoms with Crippen molar-refractivity contribution >= 4 is 16.6 Å². The average molecular weight is 235 g/mol. The molecule has 2 nitrogen and oxygen atoms in total. The first-order valence-electron chi connectivity index (χ1n) is 4.10. The van der Waals surface area contributed by atoms with E-state index < -0.39 is 11.9 Å². The van der Waals surface area contributed by atoms with Crippen molar-refractivity contribution in [3.63, 3.8) is 0 Å². The summed E-state index contributed by atoms with van der Waals surface area (Å²) in [6, 6.07) is 2.24. The number of hydrogen-bond donors (Lipinski definition) is 0. The first kappa shape index (κ1) is 11.9. The van der Waals surface area contributed by atoms with Gasteiger partial charge in [-0.3, -0.25) is 4.98 Å². The summed E-state index contributed by atoms with van der Waals surface area (Å²) in [6.45, 7) is 1.72. The summed E-state index contributed by atoms with van der Waals surface area (Å²) in [6.07, 6.45) is -3.28. The SMILES string of the molecule is CC(C=S=O)c1ccc(C(F)(F)F)nc1. The van der Waals surface area contributed by atoms with Gasteiger partial charge < -0.3 is 0 Å². The maximum atomic E-state index is 12.1. The zero-order valence-corrected chi connectivity index (χ0v) is 8.60. The Morgan fingerprint density at radius 1 is 1.47 bits per heavy atom. The largest absolute Gasteiger partial charge is 0.433 e. The molecule has 1 unspecified atom stereocenters. The first-order valence-corrected chi connectivity index (χ1v) is 4.90. The summed E-state index contributed by atoms with van der Waals surface area (Å²) < 4.78 is 46.6. The summed E-state index contributed by atoms with van der Waals surface area (Å²) in [5, 5.41) is 1.39. The van der Waals surface area contributed by atoms with Gasteiger partial charge in [0.2, 0.25) is 0 Å². The summed E-state index contributed by atoms with van der Waals surface area (Å²) in [5.41, 5.74) is -0.334. The predicted octanol–water partition coefficient (Wildman–Crippen LogP) is 2.22. The fourth-order valence-electron chi connectivity index (χ4n) is 1.00. The topological polar surface area (TPSA) is 30.0 Å². The van der Waals surface area contributed by atoms with E-state index in [2.05, 4.69) is 4.98 Å². The third-order valence-corrected chi connectivity index (χ3v) is 2.38. The van der Waals surface area contributed by atoms with E-state index in [1.54, 1.807) is 6.92 Å². The van der Waals surface area contributed by atoms with Crippen LogP contribution in [0.15, 0.2) is 18.3 Å². The molecule has 0 aliphatic heterocycles. The first-order chi connectivity index (χ1) is 6.95. The van der Waals surface area contributed by atoms with Gasteiger partial charge in [0, 0.05) is 17.5 Å². The monoisotopic (exact) mass is 235 g/mol. The minimum Gasteiger partial charge on any atom is -0.251 e. The van der Waals surface area contributed by atoms with E-state index in [0.717, 1.165) is 12.3 Å². The lowest BCUT2D eigenvalue weighted by atomic mass is 10.1. The zero-order valence-electron chi connectivity index (χ0n) is 7.78. The van der Waals surface area contributed by atoms with E-state index in [0.29, 0.717) is 5.56 Å². The lowest BCUT2D eigenvalue weighted by Crippen LogP contribution is -2.08. The van der Waals surface area contributed by atoms with Crippen molar-refractivity contribution < 1.29 is 17.4 Å². The van der Waals surface area contributed by atoms with Gasteiger partial charge >= 0.3 is 6.18 Å². The van der Waals surface area contributed by atoms with Gasteiger partial charge in [-0.05, 0) is 11.6 Å². The normalized spacial score (nSPS) is 13.3. The molecule has 1 aromatic rings. The van der Waals surface area contributed by atoms with E-state index in [4.69, 9.17) is 0 Å². The third-order valence-electron chi connectivity index (χ3n) is 1.86. The van der Waals surface area contributed by atoms with Crippen LogP contribution in [-0.4, -0.2) is 14.6 Å². The summed E-state index contributed by atoms with van der Waals surface area (Å²) in [4.78, 5) is 3.30. The van der Waals surface area contributed by atoms with Crippen molar-refractivity contribution in [1.82, 2.24) is 4.98 Å². The van der Waals surface area contributed by atoms with Gasteiger partial charge in [-0.2, -0.15) is 13.2 Å². The van der Waals surface area contributed by atoms with E-state index in [9.17, 15) is 17.4 Å². The highest BCUT2D eigenvalue weighted by molar-refractivity contribution is 7.64. The molecular formula is C9H8F3NOS. The quantitative estimate of drug-likeness (QED) is 0.736. The van der Waals surface area contributed by atoms with Gasteiger partial charge in [0.1, 0.15) is 5.69 Å². The highest BCUT2D eigenvalue weighted by Gasteiger charge is 2.32. The van der Waals surface area contributed by atoms with Gasteiger partial charge in [-0.25, -0.2) is 4.21 Å². The fourth-order valence-corrected chi connectivity index (χ4v) is 1.33. The number of aromatic nitrogens is 1. The number of pyridine rings is 1. The lowest BCUT2D eigenvalue weighted by molar-refractivity contribution is -0.141. The smallest absolute Gasteiger partial charge is 0.251 e. The molecule has 82 valence electrons. The number of rotatable bonds is 2. The molecule has 0 aliphatic carbocycles. The Kier molecular flexibility index (Phi) is 3.62. The van der Waals surface area contributed by atoms with Crippen molar-refractivity contribution in [2.24, 2.45) is 0 Å². The molecular weight excluding hydrogens is 227 g/mol. The Morgan fingerprint density at radius 3 is 2.53 bits per heavy atom. The predicted molar refractivity (Wildman–Crippen MR) is 51.9 cm³/mol. The van der Waals surface area contributed by atoms with Crippen molar-refractivity contribution in [3.05, 3.63) is 29.6 Å². The molecule has 0 fully saturated rings. The Morgan fingerprint density at radius 2 is 2.13 bits per heavy atom. The van der Waals surface area contributed by atoms with Crippen molar-refractivity contribution in [2.75, 3.05) is 0 Å². The molecule has 0 radical (unpaired) electrons. The van der Waals surface area contributed by atoms with E-state index in [1.165, 1.54) is 11.4 Å². The molecule has 15 heavy (non-hydrogen) atoms. The van der Waals surface area contributed by atoms with Crippen LogP contribution in [0.4, 0.5) is 13.2 Å². The molecule has 0 aromatic carbocycles. The third kappa shape index (κ3) is 3.16. The Labute approximate surface area is 88.2 Å².